The zero-order chi connectivity index (χ0) is 57.8. The lowest BCUT2D eigenvalue weighted by molar-refractivity contribution is -0.167. The Morgan fingerprint density at radius 3 is 0.800 bits per heavy atom. The smallest absolute Gasteiger partial charge is 0.306 e. The van der Waals surface area contributed by atoms with Crippen LogP contribution in [0.15, 0.2) is 97.2 Å². The first-order valence-corrected chi connectivity index (χ1v) is 34.2. The Balaban J connectivity index is 4.30. The third-order valence-corrected chi connectivity index (χ3v) is 14.8. The monoisotopic (exact) mass is 1110 g/mol. The van der Waals surface area contributed by atoms with Crippen molar-refractivity contribution in [1.29, 1.82) is 0 Å². The number of unbranched alkanes of at least 4 members (excludes halogenated alkanes) is 35. The topological polar surface area (TPSA) is 78.9 Å². The minimum Gasteiger partial charge on any atom is -0.462 e. The molecule has 0 amide bonds. The quantitative estimate of drug-likeness (QED) is 0.0261. The fraction of sp³-hybridized carbons (Fsp3) is 0.743. The zero-order valence-electron chi connectivity index (χ0n) is 52.8. The summed E-state index contributed by atoms with van der Waals surface area (Å²) in [5, 5.41) is 0. The van der Waals surface area contributed by atoms with Gasteiger partial charge in [0.1, 0.15) is 13.2 Å². The first-order valence-electron chi connectivity index (χ1n) is 34.2. The van der Waals surface area contributed by atoms with E-state index >= 15 is 0 Å². The summed E-state index contributed by atoms with van der Waals surface area (Å²) in [5.74, 6) is -0.888. The summed E-state index contributed by atoms with van der Waals surface area (Å²) in [6.45, 7) is 6.50. The van der Waals surface area contributed by atoms with Crippen molar-refractivity contribution in [1.82, 2.24) is 0 Å². The van der Waals surface area contributed by atoms with Gasteiger partial charge < -0.3 is 14.2 Å². The van der Waals surface area contributed by atoms with Gasteiger partial charge in [-0.2, -0.15) is 0 Å². The summed E-state index contributed by atoms with van der Waals surface area (Å²) in [5.41, 5.74) is 0. The van der Waals surface area contributed by atoms with E-state index < -0.39 is 6.10 Å². The fourth-order valence-electron chi connectivity index (χ4n) is 9.66. The molecule has 0 aromatic heterocycles. The minimum atomic E-state index is -0.787. The standard InChI is InChI=1S/C74H128O6/c1-4-7-10-13-16-19-22-25-28-30-32-34-35-36-37-38-39-41-42-44-46-49-52-55-58-61-64-67-73(76)79-70-71(69-78-72(75)66-63-60-57-54-51-48-27-24-21-18-15-12-9-6-3)80-74(77)68-65-62-59-56-53-50-47-45-43-40-33-31-29-26-23-20-17-14-11-8-5-2/h7,10,15-16,18-19,23-28,31-34,71H,4-6,8-9,11-14,17,20-22,29-30,35-70H2,1-3H3/b10-7-,18-15-,19-16-,26-23-,27-24-,28-25-,33-31-,34-32-. The van der Waals surface area contributed by atoms with Gasteiger partial charge in [-0.25, -0.2) is 0 Å². The van der Waals surface area contributed by atoms with Crippen LogP contribution in [-0.2, 0) is 28.6 Å². The molecule has 460 valence electrons. The van der Waals surface area contributed by atoms with Gasteiger partial charge in [-0.1, -0.05) is 298 Å². The Labute approximate surface area is 496 Å². The molecule has 0 bridgehead atoms. The number of rotatable bonds is 62. The van der Waals surface area contributed by atoms with Gasteiger partial charge in [0.05, 0.1) is 0 Å². The molecule has 1 unspecified atom stereocenters. The van der Waals surface area contributed by atoms with Crippen molar-refractivity contribution >= 4 is 17.9 Å². The van der Waals surface area contributed by atoms with Crippen LogP contribution in [0, 0.1) is 0 Å². The van der Waals surface area contributed by atoms with Crippen LogP contribution in [0.5, 0.6) is 0 Å². The molecule has 80 heavy (non-hydrogen) atoms. The zero-order valence-corrected chi connectivity index (χ0v) is 52.8. The highest BCUT2D eigenvalue weighted by atomic mass is 16.6. The molecule has 0 saturated heterocycles. The van der Waals surface area contributed by atoms with Crippen LogP contribution in [-0.4, -0.2) is 37.2 Å². The molecule has 0 heterocycles. The van der Waals surface area contributed by atoms with E-state index in [1.807, 2.05) is 0 Å². The molecular weight excluding hydrogens is 985 g/mol. The second-order valence-corrected chi connectivity index (χ2v) is 22.7. The number of carbonyl (C=O) groups excluding carboxylic acids is 3. The molecule has 0 aromatic rings. The molecule has 0 aliphatic heterocycles. The second kappa shape index (κ2) is 67.8. The molecule has 6 nitrogen and oxygen atoms in total. The van der Waals surface area contributed by atoms with Gasteiger partial charge in [0, 0.05) is 19.3 Å². The van der Waals surface area contributed by atoms with E-state index in [1.165, 1.54) is 186 Å². The summed E-state index contributed by atoms with van der Waals surface area (Å²) in [4.78, 5) is 38.4. The second-order valence-electron chi connectivity index (χ2n) is 22.7. The third kappa shape index (κ3) is 65.1. The molecule has 1 atom stereocenters. The van der Waals surface area contributed by atoms with Crippen LogP contribution in [0.4, 0.5) is 0 Å². The Bertz CT molecular complexity index is 1560. The van der Waals surface area contributed by atoms with Crippen LogP contribution in [0.1, 0.15) is 335 Å². The van der Waals surface area contributed by atoms with E-state index in [0.29, 0.717) is 19.3 Å². The predicted molar refractivity (Wildman–Crippen MR) is 348 cm³/mol. The van der Waals surface area contributed by atoms with Crippen molar-refractivity contribution in [2.45, 2.75) is 341 Å². The molecule has 0 saturated carbocycles. The van der Waals surface area contributed by atoms with Gasteiger partial charge in [-0.05, 0) is 116 Å². The largest absolute Gasteiger partial charge is 0.462 e. The number of allylic oxidation sites excluding steroid dienone is 16. The maximum Gasteiger partial charge on any atom is 0.306 e. The normalized spacial score (nSPS) is 12.7. The molecule has 0 rings (SSSR count). The average molecular weight is 1110 g/mol. The lowest BCUT2D eigenvalue weighted by atomic mass is 10.0. The highest BCUT2D eigenvalue weighted by Gasteiger charge is 2.19. The van der Waals surface area contributed by atoms with Gasteiger partial charge in [0.2, 0.25) is 0 Å². The maximum absolute atomic E-state index is 12.9. The molecule has 0 radical (unpaired) electrons. The fourth-order valence-corrected chi connectivity index (χ4v) is 9.66. The molecule has 0 aliphatic rings. The van der Waals surface area contributed by atoms with Crippen molar-refractivity contribution in [3.8, 4) is 0 Å². The maximum atomic E-state index is 12.9. The molecule has 0 aromatic carbocycles. The van der Waals surface area contributed by atoms with E-state index in [1.54, 1.807) is 0 Å². The number of carbonyl (C=O) groups is 3. The Morgan fingerprint density at radius 2 is 0.500 bits per heavy atom. The van der Waals surface area contributed by atoms with Crippen LogP contribution < -0.4 is 0 Å². The first kappa shape index (κ1) is 76.3. The lowest BCUT2D eigenvalue weighted by Crippen LogP contribution is -2.30. The van der Waals surface area contributed by atoms with E-state index in [2.05, 4.69) is 118 Å². The van der Waals surface area contributed by atoms with E-state index in [9.17, 15) is 14.4 Å². The van der Waals surface area contributed by atoms with E-state index in [4.69, 9.17) is 14.2 Å². The van der Waals surface area contributed by atoms with Gasteiger partial charge >= 0.3 is 17.9 Å². The van der Waals surface area contributed by atoms with Crippen LogP contribution >= 0.6 is 0 Å². The first-order chi connectivity index (χ1) is 39.5. The van der Waals surface area contributed by atoms with Crippen molar-refractivity contribution in [3.63, 3.8) is 0 Å². The summed E-state index contributed by atoms with van der Waals surface area (Å²) in [7, 11) is 0. The van der Waals surface area contributed by atoms with Crippen molar-refractivity contribution < 1.29 is 28.6 Å². The third-order valence-electron chi connectivity index (χ3n) is 14.8. The van der Waals surface area contributed by atoms with Gasteiger partial charge in [0.15, 0.2) is 6.10 Å². The molecule has 6 heteroatoms. The number of hydrogen-bond acceptors (Lipinski definition) is 6. The highest BCUT2D eigenvalue weighted by Crippen LogP contribution is 2.17. The van der Waals surface area contributed by atoms with Gasteiger partial charge in [-0.3, -0.25) is 14.4 Å². The molecular formula is C74H128O6. The Kier molecular flexibility index (Phi) is 64.7. The molecule has 0 fully saturated rings. The average Bonchev–Trinajstić information content (AvgIpc) is 3.46. The minimum absolute atomic E-state index is 0.0823. The van der Waals surface area contributed by atoms with Crippen LogP contribution in [0.2, 0.25) is 0 Å². The summed E-state index contributed by atoms with van der Waals surface area (Å²) in [6, 6.07) is 0. The van der Waals surface area contributed by atoms with E-state index in [0.717, 1.165) is 109 Å². The Hall–Kier alpha value is -3.67. The number of esters is 3. The van der Waals surface area contributed by atoms with Crippen LogP contribution in [0.3, 0.4) is 0 Å². The molecule has 0 spiro atoms. The van der Waals surface area contributed by atoms with Gasteiger partial charge in [-0.15, -0.1) is 0 Å². The molecule has 0 aliphatic carbocycles. The predicted octanol–water partition coefficient (Wildman–Crippen LogP) is 23.6. The molecule has 0 N–H and O–H groups in total. The number of ether oxygens (including phenoxy) is 3. The summed E-state index contributed by atoms with van der Waals surface area (Å²) in [6.07, 6.45) is 91.4. The van der Waals surface area contributed by atoms with Crippen molar-refractivity contribution in [3.05, 3.63) is 97.2 Å². The van der Waals surface area contributed by atoms with Crippen molar-refractivity contribution in [2.24, 2.45) is 0 Å². The van der Waals surface area contributed by atoms with E-state index in [-0.39, 0.29) is 31.1 Å². The SMILES string of the molecule is CC/C=C\C/C=C\C/C=C\C/C=C\CCCCCCCCCCCCCCCCC(=O)OCC(COC(=O)CCCCCCC/C=C\C/C=C\CCCC)OC(=O)CCCCCCCCCCC/C=C\C/C=C\CCCCCCC. The van der Waals surface area contributed by atoms with Crippen molar-refractivity contribution in [2.75, 3.05) is 13.2 Å². The Morgan fingerprint density at radius 1 is 0.263 bits per heavy atom. The van der Waals surface area contributed by atoms with Gasteiger partial charge in [0.25, 0.3) is 0 Å². The highest BCUT2D eigenvalue weighted by molar-refractivity contribution is 5.71. The lowest BCUT2D eigenvalue weighted by Gasteiger charge is -2.18. The summed E-state index contributed by atoms with van der Waals surface area (Å²) >= 11 is 0. The summed E-state index contributed by atoms with van der Waals surface area (Å²) < 4.78 is 17.0. The number of hydrogen-bond donors (Lipinski definition) is 0. The van der Waals surface area contributed by atoms with Crippen LogP contribution in [0.25, 0.3) is 0 Å².